The van der Waals surface area contributed by atoms with Crippen LogP contribution >= 0.6 is 0 Å². The maximum Gasteiger partial charge on any atom is 0.439 e. The first kappa shape index (κ1) is 14.5. The van der Waals surface area contributed by atoms with E-state index in [0.29, 0.717) is 5.69 Å². The number of benzene rings is 1. The summed E-state index contributed by atoms with van der Waals surface area (Å²) in [7, 11) is 0. The molecule has 2 aromatic rings. The number of hydrogen-bond acceptors (Lipinski definition) is 6. The summed E-state index contributed by atoms with van der Waals surface area (Å²) in [6.45, 7) is 4.09. The van der Waals surface area contributed by atoms with Gasteiger partial charge in [-0.25, -0.2) is 4.79 Å². The van der Waals surface area contributed by atoms with E-state index in [1.54, 1.807) is 6.07 Å². The number of H-pyrrole nitrogens is 1. The number of nitrogens with one attached hydrogen (secondary N) is 2. The van der Waals surface area contributed by atoms with Crippen LogP contribution in [0.3, 0.4) is 0 Å². The third-order valence-electron chi connectivity index (χ3n) is 3.35. The normalized spacial score (nSPS) is 15.6. The number of aromatic nitrogens is 2. The van der Waals surface area contributed by atoms with E-state index in [4.69, 9.17) is 4.74 Å². The van der Waals surface area contributed by atoms with Gasteiger partial charge in [0.25, 0.3) is 5.91 Å². The average Bonchev–Trinajstić information content (AvgIpc) is 2.95. The first-order valence-electron chi connectivity index (χ1n) is 6.97. The van der Waals surface area contributed by atoms with Crippen molar-refractivity contribution in [1.29, 1.82) is 0 Å². The number of carbonyl (C=O) groups excluding carboxylic acids is 1. The first-order valence-corrected chi connectivity index (χ1v) is 6.97. The van der Waals surface area contributed by atoms with Gasteiger partial charge in [-0.15, -0.1) is 0 Å². The molecule has 0 radical (unpaired) electrons. The van der Waals surface area contributed by atoms with Gasteiger partial charge in [-0.3, -0.25) is 19.2 Å². The lowest BCUT2D eigenvalue weighted by Gasteiger charge is -2.26. The molecule has 22 heavy (non-hydrogen) atoms. The van der Waals surface area contributed by atoms with Gasteiger partial charge >= 0.3 is 5.76 Å². The molecule has 1 fully saturated rings. The molecule has 0 atom stereocenters. The Hall–Kier alpha value is -2.45. The summed E-state index contributed by atoms with van der Waals surface area (Å²) < 4.78 is 9.63. The summed E-state index contributed by atoms with van der Waals surface area (Å²) >= 11 is 0. The summed E-state index contributed by atoms with van der Waals surface area (Å²) in [5.74, 6) is -1.43. The number of hydrogen-bond donors (Lipinski definition) is 2. The highest BCUT2D eigenvalue weighted by molar-refractivity contribution is 6.01. The van der Waals surface area contributed by atoms with E-state index in [9.17, 15) is 9.59 Å². The molecular weight excluding hydrogens is 288 g/mol. The SMILES string of the molecule is O=C(Nc1cccc(CN2CCOCC2)c1)c1noc(=O)[nH]1. The quantitative estimate of drug-likeness (QED) is 0.850. The molecule has 8 nitrogen and oxygen atoms in total. The number of aromatic amines is 1. The van der Waals surface area contributed by atoms with Crippen molar-refractivity contribution in [2.75, 3.05) is 31.6 Å². The van der Waals surface area contributed by atoms with Crippen molar-refractivity contribution < 1.29 is 14.1 Å². The highest BCUT2D eigenvalue weighted by atomic mass is 16.5. The minimum Gasteiger partial charge on any atom is -0.379 e. The molecule has 0 saturated carbocycles. The van der Waals surface area contributed by atoms with Gasteiger partial charge in [-0.1, -0.05) is 12.1 Å². The number of rotatable bonds is 4. The third kappa shape index (κ3) is 3.60. The van der Waals surface area contributed by atoms with E-state index < -0.39 is 11.7 Å². The van der Waals surface area contributed by atoms with E-state index in [0.717, 1.165) is 38.4 Å². The van der Waals surface area contributed by atoms with Crippen molar-refractivity contribution in [2.45, 2.75) is 6.54 Å². The first-order chi connectivity index (χ1) is 10.7. The number of anilines is 1. The molecule has 0 unspecified atom stereocenters. The van der Waals surface area contributed by atoms with Crippen molar-refractivity contribution >= 4 is 11.6 Å². The predicted molar refractivity (Wildman–Crippen MR) is 77.6 cm³/mol. The zero-order valence-corrected chi connectivity index (χ0v) is 11.9. The Morgan fingerprint density at radius 3 is 2.91 bits per heavy atom. The molecule has 1 amide bonds. The summed E-state index contributed by atoms with van der Waals surface area (Å²) in [5, 5.41) is 6.03. The lowest BCUT2D eigenvalue weighted by atomic mass is 10.2. The number of carbonyl (C=O) groups is 1. The Labute approximate surface area is 126 Å². The molecule has 3 rings (SSSR count). The van der Waals surface area contributed by atoms with Gasteiger partial charge in [-0.05, 0) is 22.9 Å². The molecule has 2 heterocycles. The van der Waals surface area contributed by atoms with Gasteiger partial charge in [-0.2, -0.15) is 0 Å². The van der Waals surface area contributed by atoms with Gasteiger partial charge in [0.1, 0.15) is 0 Å². The van der Waals surface area contributed by atoms with E-state index in [-0.39, 0.29) is 5.82 Å². The number of morpholine rings is 1. The molecule has 1 aromatic carbocycles. The van der Waals surface area contributed by atoms with Crippen LogP contribution in [0.5, 0.6) is 0 Å². The lowest BCUT2D eigenvalue weighted by Crippen LogP contribution is -2.35. The lowest BCUT2D eigenvalue weighted by molar-refractivity contribution is 0.0342. The standard InChI is InChI=1S/C14H16N4O4/c19-13(12-16-14(20)22-17-12)15-11-3-1-2-10(8-11)9-18-4-6-21-7-5-18/h1-3,8H,4-7,9H2,(H,15,19)(H,16,17,20). The van der Waals surface area contributed by atoms with Crippen molar-refractivity contribution in [3.63, 3.8) is 0 Å². The van der Waals surface area contributed by atoms with Gasteiger partial charge in [0.2, 0.25) is 5.82 Å². The maximum atomic E-state index is 11.9. The minimum atomic E-state index is -0.758. The zero-order valence-electron chi connectivity index (χ0n) is 11.9. The van der Waals surface area contributed by atoms with E-state index in [1.165, 1.54) is 0 Å². The Morgan fingerprint density at radius 2 is 2.18 bits per heavy atom. The fourth-order valence-electron chi connectivity index (χ4n) is 2.28. The van der Waals surface area contributed by atoms with Gasteiger partial charge in [0.05, 0.1) is 13.2 Å². The Morgan fingerprint density at radius 1 is 1.36 bits per heavy atom. The number of ether oxygens (including phenoxy) is 1. The van der Waals surface area contributed by atoms with Crippen LogP contribution < -0.4 is 11.1 Å². The zero-order chi connectivity index (χ0) is 15.4. The fraction of sp³-hybridized carbons (Fsp3) is 0.357. The Kier molecular flexibility index (Phi) is 4.31. The summed E-state index contributed by atoms with van der Waals surface area (Å²) in [4.78, 5) is 27.2. The molecule has 1 saturated heterocycles. The van der Waals surface area contributed by atoms with Gasteiger partial charge in [0.15, 0.2) is 0 Å². The molecular formula is C14H16N4O4. The second-order valence-electron chi connectivity index (χ2n) is 4.99. The van der Waals surface area contributed by atoms with Crippen molar-refractivity contribution in [1.82, 2.24) is 15.0 Å². The molecule has 2 N–H and O–H groups in total. The van der Waals surface area contributed by atoms with E-state index in [2.05, 4.69) is 24.9 Å². The Balaban J connectivity index is 1.65. The van der Waals surface area contributed by atoms with Crippen LogP contribution in [0.1, 0.15) is 16.2 Å². The van der Waals surface area contributed by atoms with Crippen molar-refractivity contribution in [3.05, 3.63) is 46.2 Å². The second-order valence-corrected chi connectivity index (χ2v) is 4.99. The van der Waals surface area contributed by atoms with Gasteiger partial charge < -0.3 is 10.1 Å². The van der Waals surface area contributed by atoms with Crippen molar-refractivity contribution in [2.24, 2.45) is 0 Å². The highest BCUT2D eigenvalue weighted by Gasteiger charge is 2.13. The monoisotopic (exact) mass is 304 g/mol. The molecule has 0 spiro atoms. The maximum absolute atomic E-state index is 11.9. The summed E-state index contributed by atoms with van der Waals surface area (Å²) in [6.07, 6.45) is 0. The minimum absolute atomic E-state index is 0.149. The average molecular weight is 304 g/mol. The predicted octanol–water partition coefficient (Wildman–Crippen LogP) is 0.447. The van der Waals surface area contributed by atoms with Gasteiger partial charge in [0, 0.05) is 25.3 Å². The number of amides is 1. The third-order valence-corrected chi connectivity index (χ3v) is 3.35. The molecule has 1 aliphatic heterocycles. The number of nitrogens with zero attached hydrogens (tertiary/aromatic N) is 2. The summed E-state index contributed by atoms with van der Waals surface area (Å²) in [6, 6.07) is 7.55. The second kappa shape index (κ2) is 6.54. The van der Waals surface area contributed by atoms with Crippen LogP contribution in [0.25, 0.3) is 0 Å². The van der Waals surface area contributed by atoms with Crippen LogP contribution in [0.2, 0.25) is 0 Å². The van der Waals surface area contributed by atoms with Crippen LogP contribution in [-0.4, -0.2) is 47.3 Å². The molecule has 1 aromatic heterocycles. The van der Waals surface area contributed by atoms with Crippen LogP contribution in [0, 0.1) is 0 Å². The molecule has 0 bridgehead atoms. The fourth-order valence-corrected chi connectivity index (χ4v) is 2.28. The molecule has 0 aliphatic carbocycles. The van der Waals surface area contributed by atoms with E-state index in [1.807, 2.05) is 18.2 Å². The van der Waals surface area contributed by atoms with Crippen LogP contribution in [0.15, 0.2) is 33.6 Å². The van der Waals surface area contributed by atoms with Crippen molar-refractivity contribution in [3.8, 4) is 0 Å². The molecule has 1 aliphatic rings. The summed E-state index contributed by atoms with van der Waals surface area (Å²) in [5.41, 5.74) is 1.73. The topological polar surface area (TPSA) is 100 Å². The molecule has 8 heteroatoms. The smallest absolute Gasteiger partial charge is 0.379 e. The highest BCUT2D eigenvalue weighted by Crippen LogP contribution is 2.14. The largest absolute Gasteiger partial charge is 0.439 e. The van der Waals surface area contributed by atoms with E-state index >= 15 is 0 Å². The molecule has 116 valence electrons. The van der Waals surface area contributed by atoms with Crippen LogP contribution in [-0.2, 0) is 11.3 Å². The van der Waals surface area contributed by atoms with Crippen LogP contribution in [0.4, 0.5) is 5.69 Å². The Bertz CT molecular complexity index is 703.